The zero-order valence-corrected chi connectivity index (χ0v) is 25.2. The summed E-state index contributed by atoms with van der Waals surface area (Å²) in [6.45, 7) is 2.11. The minimum Gasteiger partial charge on any atom is -0.504 e. The van der Waals surface area contributed by atoms with Crippen LogP contribution >= 0.6 is 11.3 Å². The number of fused-ring (bicyclic) bond motifs is 4. The van der Waals surface area contributed by atoms with Crippen LogP contribution in [0.25, 0.3) is 6.08 Å². The Morgan fingerprint density at radius 2 is 1.80 bits per heavy atom. The lowest BCUT2D eigenvalue weighted by Crippen LogP contribution is -2.49. The molecule has 224 valence electrons. The number of anilines is 1. The number of ether oxygens (including phenoxy) is 1. The van der Waals surface area contributed by atoms with Gasteiger partial charge in [-0.2, -0.15) is 0 Å². The second-order valence-corrected chi connectivity index (χ2v) is 13.2. The van der Waals surface area contributed by atoms with Crippen LogP contribution in [0, 0.1) is 35.0 Å². The normalized spacial score (nSPS) is 29.6. The maximum absolute atomic E-state index is 14.4. The summed E-state index contributed by atoms with van der Waals surface area (Å²) in [7, 11) is 1.48. The predicted molar refractivity (Wildman–Crippen MR) is 165 cm³/mol. The first kappa shape index (κ1) is 28.3. The van der Waals surface area contributed by atoms with Crippen LogP contribution in [0.5, 0.6) is 11.5 Å². The van der Waals surface area contributed by atoms with E-state index in [4.69, 9.17) is 4.74 Å². The number of thiophene rings is 1. The molecule has 3 heterocycles. The molecular formula is C35H32N2O6S. The van der Waals surface area contributed by atoms with Gasteiger partial charge in [0, 0.05) is 10.8 Å². The minimum absolute atomic E-state index is 0.0158. The molecule has 2 saturated heterocycles. The quantitative estimate of drug-likeness (QED) is 0.295. The number of hydrogen-bond donors (Lipinski definition) is 1. The lowest BCUT2D eigenvalue weighted by Gasteiger charge is -2.47. The number of allylic oxidation sites excluding steroid dienone is 3. The van der Waals surface area contributed by atoms with Crippen LogP contribution in [0.3, 0.4) is 0 Å². The van der Waals surface area contributed by atoms with Crippen molar-refractivity contribution in [1.82, 2.24) is 4.90 Å². The number of carbonyl (C=O) groups is 4. The highest BCUT2D eigenvalue weighted by molar-refractivity contribution is 7.09. The van der Waals surface area contributed by atoms with Crippen molar-refractivity contribution in [2.45, 2.75) is 26.3 Å². The first-order chi connectivity index (χ1) is 21.2. The highest BCUT2D eigenvalue weighted by Crippen LogP contribution is 2.61. The third kappa shape index (κ3) is 4.17. The van der Waals surface area contributed by atoms with Gasteiger partial charge in [0.2, 0.25) is 23.6 Å². The standard InChI is InChI=1S/C35H32N2O6S/c1-35-26(14-10-20-11-15-28(38)29(17-20)43-2)23-12-13-24-30(33(41)36(31(24)39)19-22-9-6-16-44-22)25(23)18-27(35)32(40)37(34(35)42)21-7-4-3-5-8-21/h3-12,14-17,24-27,30,38H,13,18-19H2,1-2H3/t24-,25+,26-,27-,30-,35-/m0/s1. The number of likely N-dealkylation sites (tertiary alicyclic amines) is 1. The fourth-order valence-electron chi connectivity index (χ4n) is 7.83. The summed E-state index contributed by atoms with van der Waals surface area (Å²) in [5, 5.41) is 12.0. The van der Waals surface area contributed by atoms with Crippen LogP contribution in [-0.2, 0) is 25.7 Å². The fourth-order valence-corrected chi connectivity index (χ4v) is 8.52. The molecular weight excluding hydrogens is 576 g/mol. The van der Waals surface area contributed by atoms with Crippen LogP contribution in [0.1, 0.15) is 30.2 Å². The Kier molecular flexibility index (Phi) is 6.81. The molecule has 3 fully saturated rings. The van der Waals surface area contributed by atoms with Gasteiger partial charge in [0.05, 0.1) is 42.5 Å². The van der Waals surface area contributed by atoms with Crippen LogP contribution < -0.4 is 9.64 Å². The third-order valence-electron chi connectivity index (χ3n) is 10.0. The van der Waals surface area contributed by atoms with Gasteiger partial charge in [0.1, 0.15) is 0 Å². The number of imide groups is 2. The highest BCUT2D eigenvalue weighted by atomic mass is 32.1. The van der Waals surface area contributed by atoms with Crippen molar-refractivity contribution < 1.29 is 29.0 Å². The van der Waals surface area contributed by atoms with E-state index in [2.05, 4.69) is 0 Å². The number of amides is 4. The SMILES string of the molecule is COc1cc(C=C[C@H]2C3=CC[C@@H]4C(=O)N(Cc5cccs5)C(=O)[C@@H]4[C@@H]3C[C@H]3C(=O)N(c4ccccc4)C(=O)[C@@]23C)ccc1O. The Hall–Kier alpha value is -4.50. The fraction of sp³-hybridized carbons (Fsp3) is 0.314. The van der Waals surface area contributed by atoms with Crippen molar-refractivity contribution in [2.75, 3.05) is 12.0 Å². The van der Waals surface area contributed by atoms with E-state index in [1.807, 2.05) is 48.7 Å². The number of phenolic OH excluding ortho intramolecular Hbond substituents is 1. The van der Waals surface area contributed by atoms with E-state index >= 15 is 0 Å². The van der Waals surface area contributed by atoms with E-state index in [9.17, 15) is 24.3 Å². The molecule has 0 unspecified atom stereocenters. The molecule has 8 nitrogen and oxygen atoms in total. The van der Waals surface area contributed by atoms with Gasteiger partial charge in [-0.3, -0.25) is 24.1 Å². The van der Waals surface area contributed by atoms with Crippen molar-refractivity contribution in [3.05, 3.63) is 94.2 Å². The number of rotatable bonds is 6. The molecule has 2 aliphatic carbocycles. The molecule has 6 atom stereocenters. The summed E-state index contributed by atoms with van der Waals surface area (Å²) in [6, 6.07) is 17.8. The summed E-state index contributed by atoms with van der Waals surface area (Å²) in [4.78, 5) is 59.7. The molecule has 4 amide bonds. The summed E-state index contributed by atoms with van der Waals surface area (Å²) >= 11 is 1.51. The van der Waals surface area contributed by atoms with Crippen LogP contribution in [0.2, 0.25) is 0 Å². The molecule has 9 heteroatoms. The molecule has 3 aromatic rings. The van der Waals surface area contributed by atoms with Crippen molar-refractivity contribution in [3.63, 3.8) is 0 Å². The lowest BCUT2D eigenvalue weighted by molar-refractivity contribution is -0.141. The van der Waals surface area contributed by atoms with Crippen LogP contribution in [-0.4, -0.2) is 40.7 Å². The Bertz CT molecular complexity index is 1730. The Morgan fingerprint density at radius 1 is 1.00 bits per heavy atom. The molecule has 1 saturated carbocycles. The average Bonchev–Trinajstić information content (AvgIpc) is 3.69. The maximum atomic E-state index is 14.4. The number of aromatic hydroxyl groups is 1. The Morgan fingerprint density at radius 3 is 2.52 bits per heavy atom. The number of hydrogen-bond acceptors (Lipinski definition) is 7. The van der Waals surface area contributed by atoms with Gasteiger partial charge in [-0.15, -0.1) is 11.3 Å². The van der Waals surface area contributed by atoms with Gasteiger partial charge >= 0.3 is 0 Å². The summed E-state index contributed by atoms with van der Waals surface area (Å²) < 4.78 is 5.29. The van der Waals surface area contributed by atoms with Crippen molar-refractivity contribution in [1.29, 1.82) is 0 Å². The number of carbonyl (C=O) groups excluding carboxylic acids is 4. The molecule has 2 aromatic carbocycles. The number of nitrogens with zero attached hydrogens (tertiary/aromatic N) is 2. The largest absolute Gasteiger partial charge is 0.504 e. The van der Waals surface area contributed by atoms with E-state index < -0.39 is 29.1 Å². The zero-order chi connectivity index (χ0) is 30.7. The average molecular weight is 609 g/mol. The summed E-state index contributed by atoms with van der Waals surface area (Å²) in [6.07, 6.45) is 6.59. The molecule has 1 N–H and O–H groups in total. The van der Waals surface area contributed by atoms with Crippen molar-refractivity contribution in [3.8, 4) is 11.5 Å². The van der Waals surface area contributed by atoms with Gasteiger partial charge in [-0.25, -0.2) is 4.90 Å². The number of para-hydroxylation sites is 1. The minimum atomic E-state index is -1.10. The van der Waals surface area contributed by atoms with Crippen molar-refractivity contribution >= 4 is 46.7 Å². The molecule has 0 spiro atoms. The van der Waals surface area contributed by atoms with Crippen LogP contribution in [0.4, 0.5) is 5.69 Å². The maximum Gasteiger partial charge on any atom is 0.241 e. The van der Waals surface area contributed by atoms with E-state index in [0.29, 0.717) is 24.3 Å². The van der Waals surface area contributed by atoms with Crippen molar-refractivity contribution in [2.24, 2.45) is 35.0 Å². The summed E-state index contributed by atoms with van der Waals surface area (Å²) in [5.74, 6) is -3.16. The van der Waals surface area contributed by atoms with Gasteiger partial charge in [-0.05, 0) is 67.0 Å². The van der Waals surface area contributed by atoms with E-state index in [1.165, 1.54) is 28.2 Å². The van der Waals surface area contributed by atoms with Gasteiger partial charge in [-0.1, -0.05) is 54.1 Å². The second kappa shape index (κ2) is 10.6. The molecule has 1 aromatic heterocycles. The zero-order valence-electron chi connectivity index (χ0n) is 24.4. The van der Waals surface area contributed by atoms with E-state index in [-0.39, 0.29) is 41.8 Å². The predicted octanol–water partition coefficient (Wildman–Crippen LogP) is 5.44. The van der Waals surface area contributed by atoms with Gasteiger partial charge in [0.15, 0.2) is 11.5 Å². The highest BCUT2D eigenvalue weighted by Gasteiger charge is 2.66. The lowest BCUT2D eigenvalue weighted by atomic mass is 9.52. The number of benzene rings is 2. The Labute approximate surface area is 259 Å². The molecule has 0 radical (unpaired) electrons. The van der Waals surface area contributed by atoms with E-state index in [0.717, 1.165) is 16.0 Å². The molecule has 4 aliphatic rings. The van der Waals surface area contributed by atoms with E-state index in [1.54, 1.807) is 42.5 Å². The molecule has 7 rings (SSSR count). The first-order valence-corrected chi connectivity index (χ1v) is 15.7. The molecule has 44 heavy (non-hydrogen) atoms. The number of methoxy groups -OCH3 is 1. The second-order valence-electron chi connectivity index (χ2n) is 12.2. The first-order valence-electron chi connectivity index (χ1n) is 14.8. The summed E-state index contributed by atoms with van der Waals surface area (Å²) in [5.41, 5.74) is 1.11. The topological polar surface area (TPSA) is 104 Å². The third-order valence-corrected chi connectivity index (χ3v) is 10.9. The van der Waals surface area contributed by atoms with Gasteiger partial charge in [0.25, 0.3) is 0 Å². The van der Waals surface area contributed by atoms with Gasteiger partial charge < -0.3 is 9.84 Å². The molecule has 2 aliphatic heterocycles. The number of phenols is 1. The molecule has 0 bridgehead atoms. The van der Waals surface area contributed by atoms with Crippen LogP contribution in [0.15, 0.2) is 83.8 Å². The smallest absolute Gasteiger partial charge is 0.241 e. The monoisotopic (exact) mass is 608 g/mol. The Balaban J connectivity index is 1.31.